The van der Waals surface area contributed by atoms with Crippen LogP contribution in [-0.4, -0.2) is 71.2 Å². The van der Waals surface area contributed by atoms with Gasteiger partial charge in [-0.25, -0.2) is 13.6 Å². The van der Waals surface area contributed by atoms with Crippen LogP contribution in [0.25, 0.3) is 22.6 Å². The fourth-order valence-electron chi connectivity index (χ4n) is 6.66. The molecule has 4 aromatic carbocycles. The van der Waals surface area contributed by atoms with Gasteiger partial charge >= 0.3 is 5.97 Å². The normalized spacial score (nSPS) is 18.3. The summed E-state index contributed by atoms with van der Waals surface area (Å²) in [4.78, 5) is 49.5. The van der Waals surface area contributed by atoms with Crippen molar-refractivity contribution in [2.75, 3.05) is 36.8 Å². The maximum absolute atomic E-state index is 15.5. The highest BCUT2D eigenvalue weighted by Gasteiger charge is 2.44. The number of carbonyl (C=O) groups excluding carboxylic acids is 3. The molecule has 2 aliphatic heterocycles. The number of hydrogen-bond donors (Lipinski definition) is 4. The summed E-state index contributed by atoms with van der Waals surface area (Å²) < 4.78 is 40.3. The van der Waals surface area contributed by atoms with Crippen molar-refractivity contribution in [1.29, 1.82) is 0 Å². The highest BCUT2D eigenvalue weighted by atomic mass is 35.5. The summed E-state index contributed by atoms with van der Waals surface area (Å²) in [6, 6.07) is 33.8. The second-order valence-corrected chi connectivity index (χ2v) is 15.3. The Labute approximate surface area is 360 Å². The first-order valence-electron chi connectivity index (χ1n) is 19.3. The fourth-order valence-corrected chi connectivity index (χ4v) is 6.92. The Morgan fingerprint density at radius 3 is 1.66 bits per heavy atom. The van der Waals surface area contributed by atoms with Crippen LogP contribution in [0, 0.1) is 0 Å². The second-order valence-electron chi connectivity index (χ2n) is 14.4. The van der Waals surface area contributed by atoms with Crippen LogP contribution in [0.3, 0.4) is 0 Å². The zero-order valence-corrected chi connectivity index (χ0v) is 34.2. The van der Waals surface area contributed by atoms with Gasteiger partial charge in [0.25, 0.3) is 17.7 Å². The lowest BCUT2D eigenvalue weighted by Crippen LogP contribution is -2.53. The summed E-state index contributed by atoms with van der Waals surface area (Å²) in [6.45, 7) is 0.937. The number of carboxylic acids is 1. The van der Waals surface area contributed by atoms with E-state index < -0.39 is 29.1 Å². The van der Waals surface area contributed by atoms with Crippen molar-refractivity contribution in [3.63, 3.8) is 0 Å². The summed E-state index contributed by atoms with van der Waals surface area (Å²) >= 11 is 11.6. The van der Waals surface area contributed by atoms with Crippen molar-refractivity contribution >= 4 is 58.3 Å². The molecule has 0 bridgehead atoms. The lowest BCUT2D eigenvalue weighted by Gasteiger charge is -2.36. The summed E-state index contributed by atoms with van der Waals surface area (Å²) in [7, 11) is 0. The zero-order chi connectivity index (χ0) is 43.4. The lowest BCUT2D eigenvalue weighted by atomic mass is 9.93. The molecule has 0 spiro atoms. The molecule has 2 atom stereocenters. The Kier molecular flexibility index (Phi) is 14.7. The predicted octanol–water partition coefficient (Wildman–Crippen LogP) is 10.2. The molecule has 61 heavy (non-hydrogen) atoms. The second kappa shape index (κ2) is 20.3. The Bertz CT molecular complexity index is 2410. The Morgan fingerprint density at radius 2 is 1.16 bits per heavy atom. The van der Waals surface area contributed by atoms with E-state index in [0.717, 1.165) is 17.7 Å². The first kappa shape index (κ1) is 44.3. The van der Waals surface area contributed by atoms with E-state index in [2.05, 4.69) is 16.0 Å². The number of carbonyl (C=O) groups is 4. The number of rotatable bonds is 8. The molecule has 6 aromatic rings. The Balaban J connectivity index is 0.000000169. The van der Waals surface area contributed by atoms with Gasteiger partial charge in [0.05, 0.1) is 24.6 Å². The molecule has 3 amide bonds. The highest BCUT2D eigenvalue weighted by Crippen LogP contribution is 2.30. The quantitative estimate of drug-likeness (QED) is 0.118. The van der Waals surface area contributed by atoms with Crippen molar-refractivity contribution in [3.05, 3.63) is 155 Å². The molecule has 2 aromatic heterocycles. The lowest BCUT2D eigenvalue weighted by molar-refractivity contribution is -0.130. The number of piperidine rings is 2. The number of nitrogens with zero attached hydrogens (tertiary/aromatic N) is 1. The van der Waals surface area contributed by atoms with E-state index in [4.69, 9.17) is 37.1 Å². The van der Waals surface area contributed by atoms with E-state index in [1.807, 2.05) is 12.1 Å². The number of carboxylic acid groups (broad SMARTS) is 1. The van der Waals surface area contributed by atoms with Crippen LogP contribution in [0.1, 0.15) is 46.4 Å². The van der Waals surface area contributed by atoms with E-state index in [1.54, 1.807) is 122 Å². The maximum Gasteiger partial charge on any atom is 0.335 e. The number of amides is 3. The Morgan fingerprint density at radius 1 is 0.656 bits per heavy atom. The van der Waals surface area contributed by atoms with Gasteiger partial charge in [-0.05, 0) is 129 Å². The molecular formula is C46H42Cl2F2N4O7. The molecule has 316 valence electrons. The number of halogens is 4. The van der Waals surface area contributed by atoms with Crippen LogP contribution < -0.4 is 16.0 Å². The summed E-state index contributed by atoms with van der Waals surface area (Å²) in [6.07, 6.45) is 4.51. The average molecular weight is 872 g/mol. The van der Waals surface area contributed by atoms with Crippen LogP contribution in [0.4, 0.5) is 20.2 Å². The molecule has 4 N–H and O–H groups in total. The molecule has 0 radical (unpaired) electrons. The van der Waals surface area contributed by atoms with Crippen molar-refractivity contribution in [1.82, 2.24) is 10.2 Å². The Hall–Kier alpha value is -6.28. The summed E-state index contributed by atoms with van der Waals surface area (Å²) in [5.74, 6) is -1.28. The first-order chi connectivity index (χ1) is 29.3. The van der Waals surface area contributed by atoms with Crippen molar-refractivity contribution in [3.8, 4) is 22.6 Å². The van der Waals surface area contributed by atoms with Crippen molar-refractivity contribution < 1.29 is 41.9 Å². The number of hydrogen-bond acceptors (Lipinski definition) is 7. The van der Waals surface area contributed by atoms with Crippen LogP contribution in [-0.2, 0) is 9.59 Å². The van der Waals surface area contributed by atoms with E-state index in [0.29, 0.717) is 57.9 Å². The van der Waals surface area contributed by atoms with Gasteiger partial charge in [0.15, 0.2) is 0 Å². The minimum atomic E-state index is -2.16. The van der Waals surface area contributed by atoms with Gasteiger partial charge in [-0.3, -0.25) is 14.4 Å². The topological polar surface area (TPSA) is 154 Å². The predicted molar refractivity (Wildman–Crippen MR) is 230 cm³/mol. The number of alkyl halides is 2. The van der Waals surface area contributed by atoms with Gasteiger partial charge in [-0.1, -0.05) is 47.5 Å². The molecule has 2 fully saturated rings. The number of furan rings is 2. The summed E-state index contributed by atoms with van der Waals surface area (Å²) in [5, 5.41) is 17.9. The van der Waals surface area contributed by atoms with Gasteiger partial charge < -0.3 is 34.8 Å². The van der Waals surface area contributed by atoms with Gasteiger partial charge in [0, 0.05) is 51.2 Å². The molecule has 2 unspecified atom stereocenters. The molecule has 2 saturated heterocycles. The first-order valence-corrected chi connectivity index (χ1v) is 20.1. The third-order valence-corrected chi connectivity index (χ3v) is 10.4. The van der Waals surface area contributed by atoms with E-state index in [1.165, 1.54) is 4.90 Å². The van der Waals surface area contributed by atoms with Crippen LogP contribution in [0.15, 0.2) is 143 Å². The number of benzene rings is 4. The highest BCUT2D eigenvalue weighted by molar-refractivity contribution is 6.31. The molecular weight excluding hydrogens is 829 g/mol. The number of likely N-dealkylation sites (tertiary alicyclic amines) is 1. The average Bonchev–Trinajstić information content (AvgIpc) is 4.03. The minimum Gasteiger partial charge on any atom is -0.478 e. The van der Waals surface area contributed by atoms with Crippen LogP contribution in [0.2, 0.25) is 10.0 Å². The molecule has 0 saturated carbocycles. The van der Waals surface area contributed by atoms with Gasteiger partial charge in [-0.2, -0.15) is 0 Å². The van der Waals surface area contributed by atoms with E-state index in [9.17, 15) is 23.6 Å². The number of anilines is 2. The maximum atomic E-state index is 15.5. The van der Waals surface area contributed by atoms with Crippen LogP contribution >= 0.6 is 23.2 Å². The van der Waals surface area contributed by atoms with Gasteiger partial charge in [0.1, 0.15) is 11.5 Å². The molecule has 8 rings (SSSR count). The monoisotopic (exact) mass is 870 g/mol. The third-order valence-electron chi connectivity index (χ3n) is 9.91. The van der Waals surface area contributed by atoms with E-state index >= 15 is 4.39 Å². The van der Waals surface area contributed by atoms with E-state index in [-0.39, 0.29) is 37.4 Å². The van der Waals surface area contributed by atoms with Gasteiger partial charge in [-0.15, -0.1) is 0 Å². The molecule has 11 nitrogen and oxygen atoms in total. The standard InChI is InChI=1S/C23H20ClFN2O3.C12H14ClFN2O.C11H8O3/c24-18-7-9-19(10-8-18)26-22(29)23(25)11-3-12-27(15-23)21(28)17-5-1-4-16(14-17)20-6-2-13-30-20;13-9-2-4-10(5-3-9)16-11(17)12(14)6-1-7-15-8-12;12-11(13)9-4-1-3-8(7-9)10-5-2-6-14-10/h1-2,4-10,13-14H,3,11-12,15H2,(H,26,29);2-5,15H,1,6-8H2,(H,16,17);1-7H,(H,12,13). The minimum absolute atomic E-state index is 0.0582. The number of aromatic carboxylic acids is 1. The molecule has 0 aliphatic carbocycles. The third kappa shape index (κ3) is 11.9. The number of nitrogens with one attached hydrogen (secondary N) is 3. The molecule has 4 heterocycles. The van der Waals surface area contributed by atoms with Gasteiger partial charge in [0.2, 0.25) is 11.3 Å². The molecule has 15 heteroatoms. The zero-order valence-electron chi connectivity index (χ0n) is 32.7. The summed E-state index contributed by atoms with van der Waals surface area (Å²) in [5.41, 5.74) is -0.739. The van der Waals surface area contributed by atoms with Crippen molar-refractivity contribution in [2.24, 2.45) is 0 Å². The fraction of sp³-hybridized carbons (Fsp3) is 0.217. The SMILES string of the molecule is O=C(Nc1ccc(Cl)cc1)C1(F)CCCNC1.O=C(O)c1cccc(-c2ccco2)c1.O=C(c1cccc(-c2ccco2)c1)N1CCCC(F)(C(=O)Nc2ccc(Cl)cc2)C1. The smallest absolute Gasteiger partial charge is 0.335 e. The van der Waals surface area contributed by atoms with Crippen molar-refractivity contribution in [2.45, 2.75) is 37.0 Å². The largest absolute Gasteiger partial charge is 0.478 e. The van der Waals surface area contributed by atoms with Crippen LogP contribution in [0.5, 0.6) is 0 Å². The molecule has 2 aliphatic rings.